The molecule has 0 bridgehead atoms. The quantitative estimate of drug-likeness (QED) is 0.689. The molecular weight excluding hydrogens is 400 g/mol. The number of nitrogens with one attached hydrogen (secondary N) is 1. The van der Waals surface area contributed by atoms with Crippen molar-refractivity contribution in [3.8, 4) is 11.5 Å². The molecule has 0 spiro atoms. The molecule has 146 valence electrons. The molecule has 1 aromatic carbocycles. The van der Waals surface area contributed by atoms with Gasteiger partial charge in [0.05, 0.1) is 31.4 Å². The molecule has 1 aromatic rings. The number of amides is 1. The van der Waals surface area contributed by atoms with Gasteiger partial charge in [-0.2, -0.15) is 0 Å². The largest absolute Gasteiger partial charge is 0.493 e. The molecule has 2 rings (SSSR count). The van der Waals surface area contributed by atoms with Gasteiger partial charge in [0.2, 0.25) is 0 Å². The smallest absolute Gasteiger partial charge is 0.251 e. The molecule has 1 atom stereocenters. The number of morpholine rings is 1. The lowest BCUT2D eigenvalue weighted by atomic mass is 10.0. The van der Waals surface area contributed by atoms with Gasteiger partial charge in [-0.05, 0) is 40.9 Å². The van der Waals surface area contributed by atoms with E-state index in [2.05, 4.69) is 40.0 Å². The lowest BCUT2D eigenvalue weighted by molar-refractivity contribution is 0.00672. The molecule has 0 aromatic heterocycles. The lowest BCUT2D eigenvalue weighted by Gasteiger charge is -2.36. The third-order valence-electron chi connectivity index (χ3n) is 4.54. The van der Waals surface area contributed by atoms with Crippen molar-refractivity contribution in [2.24, 2.45) is 5.92 Å². The van der Waals surface area contributed by atoms with Gasteiger partial charge >= 0.3 is 0 Å². The van der Waals surface area contributed by atoms with Crippen LogP contribution in [0.4, 0.5) is 0 Å². The van der Waals surface area contributed by atoms with E-state index >= 15 is 0 Å². The van der Waals surface area contributed by atoms with E-state index in [-0.39, 0.29) is 11.9 Å². The van der Waals surface area contributed by atoms with Crippen molar-refractivity contribution < 1.29 is 19.0 Å². The second-order valence-corrected chi connectivity index (χ2v) is 7.45. The zero-order valence-electron chi connectivity index (χ0n) is 16.0. The number of halogens is 1. The summed E-state index contributed by atoms with van der Waals surface area (Å²) in [4.78, 5) is 15.1. The first kappa shape index (κ1) is 21.0. The van der Waals surface area contributed by atoms with E-state index < -0.39 is 0 Å². The Balaban J connectivity index is 2.07. The summed E-state index contributed by atoms with van der Waals surface area (Å²) in [6, 6.07) is 3.77. The van der Waals surface area contributed by atoms with Crippen LogP contribution in [0, 0.1) is 5.92 Å². The molecule has 0 radical (unpaired) electrons. The molecule has 0 aliphatic carbocycles. The number of ether oxygens (including phenoxy) is 3. The van der Waals surface area contributed by atoms with Crippen molar-refractivity contribution >= 4 is 21.8 Å². The third-order valence-corrected chi connectivity index (χ3v) is 5.13. The average Bonchev–Trinajstić information content (AvgIpc) is 2.63. The van der Waals surface area contributed by atoms with Gasteiger partial charge in [0.15, 0.2) is 11.5 Å². The van der Waals surface area contributed by atoms with Gasteiger partial charge in [0.25, 0.3) is 5.91 Å². The summed E-state index contributed by atoms with van der Waals surface area (Å²) >= 11 is 3.47. The lowest BCUT2D eigenvalue weighted by Crippen LogP contribution is -2.51. The molecule has 6 nitrogen and oxygen atoms in total. The minimum absolute atomic E-state index is 0.119. The molecule has 1 saturated heterocycles. The van der Waals surface area contributed by atoms with Crippen molar-refractivity contribution in [2.45, 2.75) is 26.8 Å². The zero-order chi connectivity index (χ0) is 19.1. The summed E-state index contributed by atoms with van der Waals surface area (Å²) in [5, 5.41) is 3.07. The van der Waals surface area contributed by atoms with Crippen molar-refractivity contribution in [3.05, 3.63) is 22.2 Å². The van der Waals surface area contributed by atoms with Gasteiger partial charge in [-0.3, -0.25) is 9.69 Å². The molecule has 1 N–H and O–H groups in total. The van der Waals surface area contributed by atoms with Crippen molar-refractivity contribution in [1.82, 2.24) is 10.2 Å². The van der Waals surface area contributed by atoms with Gasteiger partial charge in [0, 0.05) is 31.2 Å². The zero-order valence-corrected chi connectivity index (χ0v) is 17.6. The maximum absolute atomic E-state index is 12.7. The van der Waals surface area contributed by atoms with E-state index in [4.69, 9.17) is 14.2 Å². The molecule has 26 heavy (non-hydrogen) atoms. The Bertz CT molecular complexity index is 603. The Morgan fingerprint density at radius 2 is 2.04 bits per heavy atom. The minimum atomic E-state index is -0.119. The van der Waals surface area contributed by atoms with Crippen molar-refractivity contribution in [1.29, 1.82) is 0 Å². The predicted molar refractivity (Wildman–Crippen MR) is 105 cm³/mol. The number of hydrogen-bond acceptors (Lipinski definition) is 5. The number of methoxy groups -OCH3 is 1. The highest BCUT2D eigenvalue weighted by molar-refractivity contribution is 9.10. The second kappa shape index (κ2) is 10.1. The van der Waals surface area contributed by atoms with Crippen molar-refractivity contribution in [2.75, 3.05) is 46.6 Å². The fourth-order valence-electron chi connectivity index (χ4n) is 3.13. The van der Waals surface area contributed by atoms with Gasteiger partial charge in [-0.15, -0.1) is 0 Å². The van der Waals surface area contributed by atoms with E-state index in [1.165, 1.54) is 0 Å². The Morgan fingerprint density at radius 1 is 1.35 bits per heavy atom. The minimum Gasteiger partial charge on any atom is -0.493 e. The Morgan fingerprint density at radius 3 is 2.62 bits per heavy atom. The Hall–Kier alpha value is -1.31. The average molecular weight is 429 g/mol. The third kappa shape index (κ3) is 5.34. The maximum atomic E-state index is 12.7. The molecular formula is C19H29BrN2O4. The fraction of sp³-hybridized carbons (Fsp3) is 0.632. The van der Waals surface area contributed by atoms with Gasteiger partial charge in [-0.25, -0.2) is 0 Å². The summed E-state index contributed by atoms with van der Waals surface area (Å²) in [5.41, 5.74) is 0.543. The van der Waals surface area contributed by atoms with Crippen LogP contribution in [0.25, 0.3) is 0 Å². The molecule has 1 fully saturated rings. The summed E-state index contributed by atoms with van der Waals surface area (Å²) in [6.45, 7) is 10.7. The molecule has 1 unspecified atom stereocenters. The van der Waals surface area contributed by atoms with Crippen LogP contribution in [0.1, 0.15) is 31.1 Å². The standard InChI is InChI=1S/C19H29BrN2O4/c1-5-26-18-15(20)10-14(11-17(18)24-4)19(23)21-12-16(13(2)3)22-6-8-25-9-7-22/h10-11,13,16H,5-9,12H2,1-4H3,(H,21,23). The molecule has 1 heterocycles. The van der Waals surface area contributed by atoms with E-state index in [0.717, 1.165) is 26.3 Å². The number of carbonyl (C=O) groups excluding carboxylic acids is 1. The highest BCUT2D eigenvalue weighted by Gasteiger charge is 2.24. The van der Waals surface area contributed by atoms with Gasteiger partial charge < -0.3 is 19.5 Å². The van der Waals surface area contributed by atoms with Crippen LogP contribution in [0.15, 0.2) is 16.6 Å². The van der Waals surface area contributed by atoms with Crippen LogP contribution >= 0.6 is 15.9 Å². The highest BCUT2D eigenvalue weighted by Crippen LogP contribution is 2.36. The van der Waals surface area contributed by atoms with Crippen LogP contribution in [0.5, 0.6) is 11.5 Å². The summed E-state index contributed by atoms with van der Waals surface area (Å²) < 4.78 is 17.1. The first-order valence-corrected chi connectivity index (χ1v) is 9.87. The second-order valence-electron chi connectivity index (χ2n) is 6.59. The molecule has 0 saturated carbocycles. The Kier molecular flexibility index (Phi) is 8.18. The van der Waals surface area contributed by atoms with E-state index in [1.807, 2.05) is 6.92 Å². The van der Waals surface area contributed by atoms with Crippen molar-refractivity contribution in [3.63, 3.8) is 0 Å². The van der Waals surface area contributed by atoms with Crippen LogP contribution in [-0.4, -0.2) is 63.4 Å². The molecule has 1 aliphatic rings. The maximum Gasteiger partial charge on any atom is 0.251 e. The normalized spacial score (nSPS) is 16.4. The fourth-order valence-corrected chi connectivity index (χ4v) is 3.69. The number of nitrogens with zero attached hydrogens (tertiary/aromatic N) is 1. The number of hydrogen-bond donors (Lipinski definition) is 1. The van der Waals surface area contributed by atoms with Crippen LogP contribution in [-0.2, 0) is 4.74 Å². The topological polar surface area (TPSA) is 60.0 Å². The van der Waals surface area contributed by atoms with Gasteiger partial charge in [0.1, 0.15) is 0 Å². The molecule has 1 aliphatic heterocycles. The van der Waals surface area contributed by atoms with E-state index in [1.54, 1.807) is 19.2 Å². The SMILES string of the molecule is CCOc1c(Br)cc(C(=O)NCC(C(C)C)N2CCOCC2)cc1OC. The predicted octanol–water partition coefficient (Wildman–Crippen LogP) is 2.94. The van der Waals surface area contributed by atoms with Gasteiger partial charge in [-0.1, -0.05) is 13.8 Å². The molecule has 7 heteroatoms. The van der Waals surface area contributed by atoms with E-state index in [0.29, 0.717) is 40.6 Å². The Labute approximate surface area is 164 Å². The van der Waals surface area contributed by atoms with E-state index in [9.17, 15) is 4.79 Å². The number of rotatable bonds is 8. The highest BCUT2D eigenvalue weighted by atomic mass is 79.9. The number of benzene rings is 1. The molecule has 1 amide bonds. The summed E-state index contributed by atoms with van der Waals surface area (Å²) in [5.74, 6) is 1.47. The van der Waals surface area contributed by atoms with Crippen LogP contribution < -0.4 is 14.8 Å². The number of carbonyl (C=O) groups is 1. The summed E-state index contributed by atoms with van der Waals surface area (Å²) in [7, 11) is 1.57. The van der Waals surface area contributed by atoms with Crippen LogP contribution in [0.2, 0.25) is 0 Å². The van der Waals surface area contributed by atoms with Crippen LogP contribution in [0.3, 0.4) is 0 Å². The first-order chi connectivity index (χ1) is 12.5. The summed E-state index contributed by atoms with van der Waals surface area (Å²) in [6.07, 6.45) is 0. The monoisotopic (exact) mass is 428 g/mol. The first-order valence-electron chi connectivity index (χ1n) is 9.08.